The average Bonchev–Trinajstić information content (AvgIpc) is 2.32. The molecule has 16 heavy (non-hydrogen) atoms. The fourth-order valence-electron chi connectivity index (χ4n) is 1.29. The van der Waals surface area contributed by atoms with Gasteiger partial charge in [0.25, 0.3) is 0 Å². The van der Waals surface area contributed by atoms with Crippen LogP contribution in [0.15, 0.2) is 42.6 Å². The minimum absolute atomic E-state index is 0.635. The highest BCUT2D eigenvalue weighted by Crippen LogP contribution is 2.18. The van der Waals surface area contributed by atoms with Crippen molar-refractivity contribution in [3.63, 3.8) is 0 Å². The lowest BCUT2D eigenvalue weighted by Gasteiger charge is -2.07. The molecule has 0 saturated heterocycles. The van der Waals surface area contributed by atoms with Gasteiger partial charge in [0.05, 0.1) is 0 Å². The second kappa shape index (κ2) is 5.13. The first-order valence-electron chi connectivity index (χ1n) is 4.73. The molecule has 1 aromatic heterocycles. The standard InChI is InChI=1S/C11H11IN4/c12-8-1-3-9(4-2-8)15-10-5-6-14-11(7-10)16-13/h1-7H,13H2,(H2,14,15,16). The van der Waals surface area contributed by atoms with Crippen molar-refractivity contribution in [3.8, 4) is 0 Å². The van der Waals surface area contributed by atoms with Gasteiger partial charge in [-0.3, -0.25) is 0 Å². The smallest absolute Gasteiger partial charge is 0.141 e. The average molecular weight is 326 g/mol. The topological polar surface area (TPSA) is 63.0 Å². The number of hydrogen-bond acceptors (Lipinski definition) is 4. The van der Waals surface area contributed by atoms with Crippen LogP contribution in [0.3, 0.4) is 0 Å². The van der Waals surface area contributed by atoms with Gasteiger partial charge in [-0.1, -0.05) is 0 Å². The lowest BCUT2D eigenvalue weighted by atomic mass is 10.3. The van der Waals surface area contributed by atoms with E-state index in [4.69, 9.17) is 5.84 Å². The number of rotatable bonds is 3. The molecule has 82 valence electrons. The molecule has 5 heteroatoms. The van der Waals surface area contributed by atoms with E-state index in [1.807, 2.05) is 36.4 Å². The summed E-state index contributed by atoms with van der Waals surface area (Å²) in [5.41, 5.74) is 4.49. The maximum absolute atomic E-state index is 5.29. The van der Waals surface area contributed by atoms with E-state index in [0.717, 1.165) is 11.4 Å². The molecule has 2 aromatic rings. The molecule has 0 aliphatic rings. The van der Waals surface area contributed by atoms with Gasteiger partial charge >= 0.3 is 0 Å². The molecular formula is C11H11IN4. The number of aromatic nitrogens is 1. The van der Waals surface area contributed by atoms with E-state index < -0.39 is 0 Å². The lowest BCUT2D eigenvalue weighted by Crippen LogP contribution is -2.08. The van der Waals surface area contributed by atoms with Crippen LogP contribution in [0.1, 0.15) is 0 Å². The minimum atomic E-state index is 0.635. The van der Waals surface area contributed by atoms with Crippen molar-refractivity contribution in [2.24, 2.45) is 5.84 Å². The van der Waals surface area contributed by atoms with E-state index in [-0.39, 0.29) is 0 Å². The lowest BCUT2D eigenvalue weighted by molar-refractivity contribution is 1.23. The zero-order valence-electron chi connectivity index (χ0n) is 8.44. The Balaban J connectivity index is 2.16. The summed E-state index contributed by atoms with van der Waals surface area (Å²) >= 11 is 2.27. The zero-order chi connectivity index (χ0) is 11.4. The molecule has 1 aromatic carbocycles. The summed E-state index contributed by atoms with van der Waals surface area (Å²) in [5, 5.41) is 3.27. The quantitative estimate of drug-likeness (QED) is 0.461. The largest absolute Gasteiger partial charge is 0.355 e. The van der Waals surface area contributed by atoms with Gasteiger partial charge in [0.15, 0.2) is 0 Å². The van der Waals surface area contributed by atoms with E-state index in [1.54, 1.807) is 6.20 Å². The Kier molecular flexibility index (Phi) is 3.58. The number of benzene rings is 1. The van der Waals surface area contributed by atoms with Crippen LogP contribution in [0.4, 0.5) is 17.2 Å². The number of hydrazine groups is 1. The van der Waals surface area contributed by atoms with Crippen molar-refractivity contribution >= 4 is 39.8 Å². The summed E-state index contributed by atoms with van der Waals surface area (Å²) in [6.45, 7) is 0. The molecule has 0 saturated carbocycles. The molecular weight excluding hydrogens is 315 g/mol. The molecule has 0 spiro atoms. The van der Waals surface area contributed by atoms with Crippen LogP contribution in [0.2, 0.25) is 0 Å². The fourth-order valence-corrected chi connectivity index (χ4v) is 1.65. The molecule has 0 fully saturated rings. The number of hydrogen-bond donors (Lipinski definition) is 3. The molecule has 0 unspecified atom stereocenters. The summed E-state index contributed by atoms with van der Waals surface area (Å²) < 4.78 is 1.21. The highest BCUT2D eigenvalue weighted by atomic mass is 127. The number of halogens is 1. The number of pyridine rings is 1. The predicted molar refractivity (Wildman–Crippen MR) is 74.5 cm³/mol. The van der Waals surface area contributed by atoms with E-state index in [1.165, 1.54) is 3.57 Å². The zero-order valence-corrected chi connectivity index (χ0v) is 10.6. The predicted octanol–water partition coefficient (Wildman–Crippen LogP) is 2.72. The Bertz CT molecular complexity index is 470. The van der Waals surface area contributed by atoms with Gasteiger partial charge in [-0.2, -0.15) is 0 Å². The van der Waals surface area contributed by atoms with Gasteiger partial charge in [0.2, 0.25) is 0 Å². The van der Waals surface area contributed by atoms with Crippen LogP contribution in [0.25, 0.3) is 0 Å². The first kappa shape index (κ1) is 11.2. The molecule has 2 rings (SSSR count). The van der Waals surface area contributed by atoms with Crippen molar-refractivity contribution in [2.45, 2.75) is 0 Å². The van der Waals surface area contributed by atoms with Crippen molar-refractivity contribution in [3.05, 3.63) is 46.2 Å². The number of nitrogens with two attached hydrogens (primary N) is 1. The number of nitrogen functional groups attached to an aromatic ring is 1. The van der Waals surface area contributed by atoms with Gasteiger partial charge in [-0.25, -0.2) is 10.8 Å². The summed E-state index contributed by atoms with van der Waals surface area (Å²) in [6.07, 6.45) is 1.70. The number of nitrogens with zero attached hydrogens (tertiary/aromatic N) is 1. The summed E-state index contributed by atoms with van der Waals surface area (Å²) in [6, 6.07) is 11.9. The highest BCUT2D eigenvalue weighted by Gasteiger charge is 1.96. The van der Waals surface area contributed by atoms with Crippen molar-refractivity contribution in [2.75, 3.05) is 10.7 Å². The third-order valence-corrected chi connectivity index (χ3v) is 2.76. The van der Waals surface area contributed by atoms with Crippen LogP contribution in [0.5, 0.6) is 0 Å². The molecule has 1 heterocycles. The van der Waals surface area contributed by atoms with Gasteiger partial charge < -0.3 is 10.7 Å². The fraction of sp³-hybridized carbons (Fsp3) is 0. The van der Waals surface area contributed by atoms with Gasteiger partial charge in [-0.15, -0.1) is 0 Å². The van der Waals surface area contributed by atoms with E-state index in [0.29, 0.717) is 5.82 Å². The molecule has 0 atom stereocenters. The van der Waals surface area contributed by atoms with E-state index in [9.17, 15) is 0 Å². The van der Waals surface area contributed by atoms with Crippen LogP contribution in [-0.2, 0) is 0 Å². The Hall–Kier alpha value is -1.34. The van der Waals surface area contributed by atoms with Crippen molar-refractivity contribution < 1.29 is 0 Å². The molecule has 0 amide bonds. The van der Waals surface area contributed by atoms with Gasteiger partial charge in [0, 0.05) is 27.2 Å². The summed E-state index contributed by atoms with van der Waals surface area (Å²) in [7, 11) is 0. The third-order valence-electron chi connectivity index (χ3n) is 2.04. The molecule has 0 aliphatic carbocycles. The molecule has 4 N–H and O–H groups in total. The van der Waals surface area contributed by atoms with Crippen LogP contribution in [0, 0.1) is 3.57 Å². The van der Waals surface area contributed by atoms with Crippen molar-refractivity contribution in [1.82, 2.24) is 4.98 Å². The Labute approximate surface area is 107 Å². The Morgan fingerprint density at radius 1 is 1.06 bits per heavy atom. The van der Waals surface area contributed by atoms with Crippen LogP contribution >= 0.6 is 22.6 Å². The van der Waals surface area contributed by atoms with Crippen molar-refractivity contribution in [1.29, 1.82) is 0 Å². The van der Waals surface area contributed by atoms with Crippen LogP contribution < -0.4 is 16.6 Å². The minimum Gasteiger partial charge on any atom is -0.355 e. The van der Waals surface area contributed by atoms with E-state index >= 15 is 0 Å². The Morgan fingerprint density at radius 3 is 2.50 bits per heavy atom. The van der Waals surface area contributed by atoms with E-state index in [2.05, 4.69) is 38.3 Å². The third kappa shape index (κ3) is 2.83. The molecule has 4 nitrogen and oxygen atoms in total. The van der Waals surface area contributed by atoms with Crippen LogP contribution in [-0.4, -0.2) is 4.98 Å². The van der Waals surface area contributed by atoms with Gasteiger partial charge in [-0.05, 0) is 52.9 Å². The highest BCUT2D eigenvalue weighted by molar-refractivity contribution is 14.1. The maximum Gasteiger partial charge on any atom is 0.141 e. The SMILES string of the molecule is NNc1cc(Nc2ccc(I)cc2)ccn1. The summed E-state index contributed by atoms with van der Waals surface area (Å²) in [5.74, 6) is 5.93. The maximum atomic E-state index is 5.29. The summed E-state index contributed by atoms with van der Waals surface area (Å²) in [4.78, 5) is 4.04. The monoisotopic (exact) mass is 326 g/mol. The number of anilines is 3. The second-order valence-electron chi connectivity index (χ2n) is 3.21. The Morgan fingerprint density at radius 2 is 1.81 bits per heavy atom. The number of nitrogens with one attached hydrogen (secondary N) is 2. The van der Waals surface area contributed by atoms with Gasteiger partial charge in [0.1, 0.15) is 5.82 Å². The second-order valence-corrected chi connectivity index (χ2v) is 4.45. The first-order chi connectivity index (χ1) is 7.78. The molecule has 0 aliphatic heterocycles. The first-order valence-corrected chi connectivity index (χ1v) is 5.81. The normalized spacial score (nSPS) is 9.88. The molecule has 0 bridgehead atoms. The molecule has 0 radical (unpaired) electrons.